The van der Waals surface area contributed by atoms with Crippen LogP contribution in [0.25, 0.3) is 0 Å². The molecular formula is C17H21BrN2S. The quantitative estimate of drug-likeness (QED) is 0.776. The molecule has 0 spiro atoms. The zero-order valence-electron chi connectivity index (χ0n) is 12.7. The van der Waals surface area contributed by atoms with E-state index in [2.05, 4.69) is 65.2 Å². The van der Waals surface area contributed by atoms with Gasteiger partial charge in [-0.05, 0) is 59.1 Å². The van der Waals surface area contributed by atoms with Gasteiger partial charge in [0.1, 0.15) is 5.03 Å². The molecule has 1 aromatic carbocycles. The van der Waals surface area contributed by atoms with Crippen molar-refractivity contribution in [3.63, 3.8) is 0 Å². The second-order valence-electron chi connectivity index (χ2n) is 5.53. The molecule has 0 unspecified atom stereocenters. The SMILES string of the molecule is Cc1ccc(Sc2ncccc2Br)c(CNCC(C)C)c1. The van der Waals surface area contributed by atoms with Crippen molar-refractivity contribution in [1.29, 1.82) is 0 Å². The Morgan fingerprint density at radius 1 is 1.29 bits per heavy atom. The minimum atomic E-state index is 0.663. The van der Waals surface area contributed by atoms with Crippen LogP contribution in [-0.2, 0) is 6.54 Å². The predicted octanol–water partition coefficient (Wildman–Crippen LogP) is 5.05. The standard InChI is InChI=1S/C17H21BrN2S/c1-12(2)10-19-11-14-9-13(3)6-7-16(14)21-17-15(18)5-4-8-20-17/h4-9,12,19H,10-11H2,1-3H3. The summed E-state index contributed by atoms with van der Waals surface area (Å²) >= 11 is 5.28. The van der Waals surface area contributed by atoms with Gasteiger partial charge in [0, 0.05) is 17.6 Å². The first kappa shape index (κ1) is 16.5. The Hall–Kier alpha value is -0.840. The molecule has 0 saturated heterocycles. The van der Waals surface area contributed by atoms with Crippen molar-refractivity contribution in [1.82, 2.24) is 10.3 Å². The number of hydrogen-bond donors (Lipinski definition) is 1. The molecule has 0 aliphatic carbocycles. The fraction of sp³-hybridized carbons (Fsp3) is 0.353. The van der Waals surface area contributed by atoms with Crippen LogP contribution in [-0.4, -0.2) is 11.5 Å². The smallest absolute Gasteiger partial charge is 0.115 e. The van der Waals surface area contributed by atoms with Gasteiger partial charge in [-0.15, -0.1) is 0 Å². The molecule has 0 radical (unpaired) electrons. The van der Waals surface area contributed by atoms with Crippen LogP contribution in [0.15, 0.2) is 50.9 Å². The average molecular weight is 365 g/mol. The molecule has 0 saturated carbocycles. The highest BCUT2D eigenvalue weighted by Gasteiger charge is 2.08. The van der Waals surface area contributed by atoms with Crippen LogP contribution in [0.2, 0.25) is 0 Å². The van der Waals surface area contributed by atoms with Gasteiger partial charge in [-0.3, -0.25) is 0 Å². The molecule has 21 heavy (non-hydrogen) atoms. The summed E-state index contributed by atoms with van der Waals surface area (Å²) in [6.07, 6.45) is 1.83. The Bertz CT molecular complexity index is 599. The molecular weight excluding hydrogens is 344 g/mol. The first-order valence-corrected chi connectivity index (χ1v) is 8.76. The van der Waals surface area contributed by atoms with Crippen molar-refractivity contribution in [2.24, 2.45) is 5.92 Å². The Morgan fingerprint density at radius 3 is 2.81 bits per heavy atom. The zero-order valence-corrected chi connectivity index (χ0v) is 15.1. The molecule has 0 atom stereocenters. The third kappa shape index (κ3) is 5.13. The highest BCUT2D eigenvalue weighted by atomic mass is 79.9. The van der Waals surface area contributed by atoms with Crippen LogP contribution < -0.4 is 5.32 Å². The summed E-state index contributed by atoms with van der Waals surface area (Å²) in [5.41, 5.74) is 2.62. The van der Waals surface area contributed by atoms with E-state index in [1.54, 1.807) is 11.8 Å². The van der Waals surface area contributed by atoms with E-state index in [1.165, 1.54) is 16.0 Å². The summed E-state index contributed by atoms with van der Waals surface area (Å²) in [5.74, 6) is 0.663. The molecule has 4 heteroatoms. The summed E-state index contributed by atoms with van der Waals surface area (Å²) < 4.78 is 1.04. The van der Waals surface area contributed by atoms with Crippen LogP contribution in [0.4, 0.5) is 0 Å². The van der Waals surface area contributed by atoms with Crippen LogP contribution in [0.3, 0.4) is 0 Å². The Labute approximate surface area is 139 Å². The first-order valence-electron chi connectivity index (χ1n) is 7.15. The summed E-state index contributed by atoms with van der Waals surface area (Å²) in [7, 11) is 0. The van der Waals surface area contributed by atoms with Gasteiger partial charge in [-0.2, -0.15) is 0 Å². The largest absolute Gasteiger partial charge is 0.312 e. The van der Waals surface area contributed by atoms with E-state index in [0.29, 0.717) is 5.92 Å². The van der Waals surface area contributed by atoms with Crippen LogP contribution in [0, 0.1) is 12.8 Å². The molecule has 1 heterocycles. The second kappa shape index (κ2) is 7.97. The maximum absolute atomic E-state index is 4.44. The minimum absolute atomic E-state index is 0.663. The van der Waals surface area contributed by atoms with E-state index >= 15 is 0 Å². The van der Waals surface area contributed by atoms with Crippen molar-refractivity contribution in [2.45, 2.75) is 37.2 Å². The van der Waals surface area contributed by atoms with Gasteiger partial charge >= 0.3 is 0 Å². The monoisotopic (exact) mass is 364 g/mol. The maximum atomic E-state index is 4.44. The minimum Gasteiger partial charge on any atom is -0.312 e. The number of benzene rings is 1. The summed E-state index contributed by atoms with van der Waals surface area (Å²) in [6, 6.07) is 10.6. The molecule has 2 nitrogen and oxygen atoms in total. The molecule has 2 rings (SSSR count). The van der Waals surface area contributed by atoms with Crippen molar-refractivity contribution >= 4 is 27.7 Å². The number of rotatable bonds is 6. The van der Waals surface area contributed by atoms with Crippen molar-refractivity contribution in [2.75, 3.05) is 6.54 Å². The molecule has 112 valence electrons. The fourth-order valence-electron chi connectivity index (χ4n) is 1.99. The average Bonchev–Trinajstić information content (AvgIpc) is 2.43. The van der Waals surface area contributed by atoms with Crippen LogP contribution >= 0.6 is 27.7 Å². The highest BCUT2D eigenvalue weighted by molar-refractivity contribution is 9.10. The lowest BCUT2D eigenvalue weighted by Gasteiger charge is -2.13. The molecule has 0 aliphatic rings. The van der Waals surface area contributed by atoms with Crippen LogP contribution in [0.1, 0.15) is 25.0 Å². The number of aromatic nitrogens is 1. The van der Waals surface area contributed by atoms with Gasteiger partial charge in [0.2, 0.25) is 0 Å². The van der Waals surface area contributed by atoms with Crippen molar-refractivity contribution in [3.05, 3.63) is 52.1 Å². The first-order chi connectivity index (χ1) is 10.1. The van der Waals surface area contributed by atoms with Gasteiger partial charge in [0.25, 0.3) is 0 Å². The zero-order chi connectivity index (χ0) is 15.2. The molecule has 0 fully saturated rings. The normalized spacial score (nSPS) is 11.1. The predicted molar refractivity (Wildman–Crippen MR) is 93.8 cm³/mol. The number of halogens is 1. The van der Waals surface area contributed by atoms with E-state index in [1.807, 2.05) is 18.3 Å². The number of pyridine rings is 1. The number of hydrogen-bond acceptors (Lipinski definition) is 3. The highest BCUT2D eigenvalue weighted by Crippen LogP contribution is 2.33. The second-order valence-corrected chi connectivity index (χ2v) is 7.41. The third-order valence-electron chi connectivity index (χ3n) is 3.02. The van der Waals surface area contributed by atoms with E-state index in [-0.39, 0.29) is 0 Å². The lowest BCUT2D eigenvalue weighted by molar-refractivity contribution is 0.550. The lowest BCUT2D eigenvalue weighted by atomic mass is 10.1. The van der Waals surface area contributed by atoms with Crippen molar-refractivity contribution in [3.8, 4) is 0 Å². The number of nitrogens with one attached hydrogen (secondary N) is 1. The molecule has 2 aromatic rings. The van der Waals surface area contributed by atoms with E-state index < -0.39 is 0 Å². The molecule has 0 amide bonds. The molecule has 1 N–H and O–H groups in total. The van der Waals surface area contributed by atoms with E-state index in [9.17, 15) is 0 Å². The molecule has 0 aliphatic heterocycles. The fourth-order valence-corrected chi connectivity index (χ4v) is 3.38. The Balaban J connectivity index is 2.16. The summed E-state index contributed by atoms with van der Waals surface area (Å²) in [6.45, 7) is 8.52. The van der Waals surface area contributed by atoms with Gasteiger partial charge < -0.3 is 5.32 Å². The van der Waals surface area contributed by atoms with E-state index in [4.69, 9.17) is 0 Å². The van der Waals surface area contributed by atoms with E-state index in [0.717, 1.165) is 22.6 Å². The van der Waals surface area contributed by atoms with Crippen molar-refractivity contribution < 1.29 is 0 Å². The summed E-state index contributed by atoms with van der Waals surface area (Å²) in [5, 5.41) is 4.53. The third-order valence-corrected chi connectivity index (χ3v) is 5.05. The van der Waals surface area contributed by atoms with Gasteiger partial charge in [0.15, 0.2) is 0 Å². The topological polar surface area (TPSA) is 24.9 Å². The van der Waals surface area contributed by atoms with Crippen LogP contribution in [0.5, 0.6) is 0 Å². The lowest BCUT2D eigenvalue weighted by Crippen LogP contribution is -2.19. The Morgan fingerprint density at radius 2 is 2.10 bits per heavy atom. The van der Waals surface area contributed by atoms with Gasteiger partial charge in [0.05, 0.1) is 4.47 Å². The molecule has 1 aromatic heterocycles. The molecule has 0 bridgehead atoms. The van der Waals surface area contributed by atoms with Gasteiger partial charge in [-0.1, -0.05) is 43.3 Å². The number of aryl methyl sites for hydroxylation is 1. The Kier molecular flexibility index (Phi) is 6.27. The number of nitrogens with zero attached hydrogens (tertiary/aromatic N) is 1. The maximum Gasteiger partial charge on any atom is 0.115 e. The van der Waals surface area contributed by atoms with Gasteiger partial charge in [-0.25, -0.2) is 4.98 Å². The summed E-state index contributed by atoms with van der Waals surface area (Å²) in [4.78, 5) is 5.70.